The van der Waals surface area contributed by atoms with Crippen molar-refractivity contribution in [3.8, 4) is 5.69 Å². The van der Waals surface area contributed by atoms with Crippen LogP contribution in [0.25, 0.3) is 5.69 Å². The number of amides is 1. The van der Waals surface area contributed by atoms with Crippen LogP contribution in [0.5, 0.6) is 0 Å². The molecule has 9 nitrogen and oxygen atoms in total. The number of nitrogens with one attached hydrogen (secondary N) is 1. The highest BCUT2D eigenvalue weighted by Crippen LogP contribution is 2.30. The largest absolute Gasteiger partial charge is 0.364 e. The maximum Gasteiger partial charge on any atom is 0.271 e. The third-order valence-corrected chi connectivity index (χ3v) is 4.88. The molecule has 1 amide bonds. The van der Waals surface area contributed by atoms with Gasteiger partial charge in [-0.05, 0) is 12.1 Å². The van der Waals surface area contributed by atoms with Crippen molar-refractivity contribution in [2.45, 2.75) is 6.54 Å². The molecule has 0 spiro atoms. The molecular formula is C18H16Cl2N8O. The zero-order valence-electron chi connectivity index (χ0n) is 15.3. The van der Waals surface area contributed by atoms with Gasteiger partial charge >= 0.3 is 0 Å². The Morgan fingerprint density at radius 1 is 1.21 bits per heavy atom. The molecule has 0 fully saturated rings. The number of anilines is 2. The number of imidazole rings is 1. The highest BCUT2D eigenvalue weighted by atomic mass is 35.5. The first-order valence-electron chi connectivity index (χ1n) is 8.51. The number of nitrogens with two attached hydrogens (primary N) is 1. The van der Waals surface area contributed by atoms with E-state index in [2.05, 4.69) is 20.5 Å². The molecule has 3 N–H and O–H groups in total. The molecule has 0 aliphatic heterocycles. The summed E-state index contributed by atoms with van der Waals surface area (Å²) in [6.45, 7) is 0.551. The highest BCUT2D eigenvalue weighted by Gasteiger charge is 2.18. The van der Waals surface area contributed by atoms with Crippen LogP contribution in [-0.4, -0.2) is 35.0 Å². The van der Waals surface area contributed by atoms with E-state index in [-0.39, 0.29) is 5.69 Å². The van der Waals surface area contributed by atoms with E-state index in [0.29, 0.717) is 33.7 Å². The van der Waals surface area contributed by atoms with Gasteiger partial charge in [-0.2, -0.15) is 10.2 Å². The van der Waals surface area contributed by atoms with Crippen LogP contribution >= 0.6 is 23.2 Å². The first-order valence-corrected chi connectivity index (χ1v) is 9.26. The van der Waals surface area contributed by atoms with E-state index in [1.54, 1.807) is 54.0 Å². The van der Waals surface area contributed by atoms with Gasteiger partial charge in [0, 0.05) is 13.2 Å². The Balaban J connectivity index is 1.63. The number of para-hydroxylation sites is 1. The fraction of sp³-hybridized carbons (Fsp3) is 0.111. The first kappa shape index (κ1) is 19.0. The van der Waals surface area contributed by atoms with Gasteiger partial charge in [-0.15, -0.1) is 0 Å². The summed E-state index contributed by atoms with van der Waals surface area (Å²) in [5.41, 5.74) is 8.08. The fourth-order valence-corrected chi connectivity index (χ4v) is 3.41. The molecule has 1 aromatic carbocycles. The van der Waals surface area contributed by atoms with Crippen molar-refractivity contribution in [3.05, 3.63) is 70.7 Å². The van der Waals surface area contributed by atoms with Gasteiger partial charge in [0.05, 0.1) is 58.6 Å². The quantitative estimate of drug-likeness (QED) is 0.488. The summed E-state index contributed by atoms with van der Waals surface area (Å²) in [6, 6.07) is 5.09. The Bertz CT molecular complexity index is 1170. The number of carbonyl (C=O) groups excluding carboxylic acids is 1. The Morgan fingerprint density at radius 3 is 2.62 bits per heavy atom. The second kappa shape index (κ2) is 7.61. The molecule has 0 bridgehead atoms. The monoisotopic (exact) mass is 430 g/mol. The van der Waals surface area contributed by atoms with Crippen LogP contribution in [0.3, 0.4) is 0 Å². The molecule has 0 radical (unpaired) electrons. The van der Waals surface area contributed by atoms with Crippen LogP contribution in [0.1, 0.15) is 16.2 Å². The van der Waals surface area contributed by atoms with Crippen molar-refractivity contribution < 1.29 is 4.79 Å². The zero-order valence-corrected chi connectivity index (χ0v) is 16.8. The molecule has 0 aliphatic rings. The van der Waals surface area contributed by atoms with Gasteiger partial charge in [0.25, 0.3) is 5.91 Å². The van der Waals surface area contributed by atoms with E-state index in [1.807, 2.05) is 11.6 Å². The van der Waals surface area contributed by atoms with E-state index >= 15 is 0 Å². The van der Waals surface area contributed by atoms with E-state index < -0.39 is 5.91 Å². The Hall–Kier alpha value is -3.30. The summed E-state index contributed by atoms with van der Waals surface area (Å²) in [5.74, 6) is -0.684. The van der Waals surface area contributed by atoms with Gasteiger partial charge in [0.15, 0.2) is 5.69 Å². The molecule has 0 saturated carbocycles. The SMILES string of the molecule is Cn1cncc1Cn1cc(Nc2cn(-c3c(Cl)cccc3Cl)nc2C(N)=O)cn1. The van der Waals surface area contributed by atoms with Gasteiger partial charge in [-0.3, -0.25) is 9.48 Å². The minimum absolute atomic E-state index is 0.0559. The number of aromatic nitrogens is 6. The van der Waals surface area contributed by atoms with Crippen molar-refractivity contribution in [2.75, 3.05) is 5.32 Å². The lowest BCUT2D eigenvalue weighted by Gasteiger charge is -2.06. The number of hydrogen-bond donors (Lipinski definition) is 2. The number of primary amides is 1. The molecule has 11 heteroatoms. The number of halogens is 2. The molecule has 148 valence electrons. The molecule has 3 aromatic heterocycles. The summed E-state index contributed by atoms with van der Waals surface area (Å²) < 4.78 is 5.09. The number of carbonyl (C=O) groups is 1. The topological polar surface area (TPSA) is 109 Å². The molecule has 0 aliphatic carbocycles. The molecular weight excluding hydrogens is 415 g/mol. The van der Waals surface area contributed by atoms with Crippen molar-refractivity contribution in [3.63, 3.8) is 0 Å². The van der Waals surface area contributed by atoms with Gasteiger partial charge < -0.3 is 15.6 Å². The minimum Gasteiger partial charge on any atom is -0.364 e. The van der Waals surface area contributed by atoms with E-state index in [9.17, 15) is 4.79 Å². The zero-order chi connectivity index (χ0) is 20.5. The summed E-state index contributed by atoms with van der Waals surface area (Å²) in [4.78, 5) is 16.0. The van der Waals surface area contributed by atoms with Crippen molar-refractivity contribution >= 4 is 40.5 Å². The van der Waals surface area contributed by atoms with Gasteiger partial charge in [-0.25, -0.2) is 9.67 Å². The van der Waals surface area contributed by atoms with Crippen molar-refractivity contribution in [1.82, 2.24) is 29.1 Å². The number of nitrogens with zero attached hydrogens (tertiary/aromatic N) is 6. The fourth-order valence-electron chi connectivity index (χ4n) is 2.84. The molecule has 3 heterocycles. The van der Waals surface area contributed by atoms with Crippen LogP contribution < -0.4 is 11.1 Å². The third kappa shape index (κ3) is 3.82. The Morgan fingerprint density at radius 2 is 1.97 bits per heavy atom. The smallest absolute Gasteiger partial charge is 0.271 e. The Labute approximate surface area is 175 Å². The minimum atomic E-state index is -0.684. The second-order valence-electron chi connectivity index (χ2n) is 6.32. The second-order valence-corrected chi connectivity index (χ2v) is 7.13. The molecule has 0 atom stereocenters. The lowest BCUT2D eigenvalue weighted by molar-refractivity contribution is 0.0996. The lowest BCUT2D eigenvalue weighted by atomic mass is 10.3. The first-order chi connectivity index (χ1) is 13.9. The van der Waals surface area contributed by atoms with Crippen LogP contribution in [0.2, 0.25) is 10.0 Å². The normalized spacial score (nSPS) is 11.0. The molecule has 29 heavy (non-hydrogen) atoms. The number of benzene rings is 1. The average Bonchev–Trinajstić information content (AvgIpc) is 3.37. The summed E-state index contributed by atoms with van der Waals surface area (Å²) >= 11 is 12.5. The summed E-state index contributed by atoms with van der Waals surface area (Å²) in [7, 11) is 1.92. The maximum atomic E-state index is 11.9. The van der Waals surface area contributed by atoms with Crippen LogP contribution in [0, 0.1) is 0 Å². The van der Waals surface area contributed by atoms with Crippen LogP contribution in [-0.2, 0) is 13.6 Å². The predicted octanol–water partition coefficient (Wildman–Crippen LogP) is 3.00. The van der Waals surface area contributed by atoms with Crippen LogP contribution in [0.4, 0.5) is 11.4 Å². The van der Waals surface area contributed by atoms with Crippen LogP contribution in [0.15, 0.2) is 49.3 Å². The van der Waals surface area contributed by atoms with E-state index in [1.165, 1.54) is 4.68 Å². The number of rotatable bonds is 6. The standard InChI is InChI=1S/C18H16Cl2N8O/c1-26-10-22-6-12(26)8-27-7-11(5-23-27)24-15-9-28(25-16(15)18(21)29)17-13(19)3-2-4-14(17)20/h2-7,9-10,24H,8H2,1H3,(H2,21,29). The van der Waals surface area contributed by atoms with Gasteiger partial charge in [-0.1, -0.05) is 29.3 Å². The third-order valence-electron chi connectivity index (χ3n) is 4.27. The predicted molar refractivity (Wildman–Crippen MR) is 110 cm³/mol. The molecule has 4 rings (SSSR count). The van der Waals surface area contributed by atoms with Gasteiger partial charge in [0.2, 0.25) is 0 Å². The lowest BCUT2D eigenvalue weighted by Crippen LogP contribution is -2.14. The number of hydrogen-bond acceptors (Lipinski definition) is 5. The highest BCUT2D eigenvalue weighted by molar-refractivity contribution is 6.37. The van der Waals surface area contributed by atoms with Gasteiger partial charge in [0.1, 0.15) is 5.69 Å². The Kier molecular flexibility index (Phi) is 4.99. The molecule has 0 saturated heterocycles. The molecule has 4 aromatic rings. The molecule has 0 unspecified atom stereocenters. The summed E-state index contributed by atoms with van der Waals surface area (Å²) in [5, 5.41) is 12.5. The average molecular weight is 431 g/mol. The van der Waals surface area contributed by atoms with E-state index in [0.717, 1.165) is 5.69 Å². The number of aryl methyl sites for hydroxylation is 1. The maximum absolute atomic E-state index is 11.9. The summed E-state index contributed by atoms with van der Waals surface area (Å²) in [6.07, 6.45) is 8.55. The van der Waals surface area contributed by atoms with Crippen molar-refractivity contribution in [1.29, 1.82) is 0 Å². The van der Waals surface area contributed by atoms with E-state index in [4.69, 9.17) is 28.9 Å². The van der Waals surface area contributed by atoms with Crippen molar-refractivity contribution in [2.24, 2.45) is 12.8 Å².